The second-order valence-corrected chi connectivity index (χ2v) is 3.02. The molecule has 1 nitrogen and oxygen atoms in total. The van der Waals surface area contributed by atoms with Crippen LogP contribution in [0.1, 0.15) is 5.56 Å². The smallest absolute Gasteiger partial charge is 0.0505 e. The zero-order valence-electron chi connectivity index (χ0n) is 8.27. The van der Waals surface area contributed by atoms with Gasteiger partial charge in [0.2, 0.25) is 0 Å². The molecule has 2 aromatic carbocycles. The maximum atomic E-state index is 8.97. The van der Waals surface area contributed by atoms with Gasteiger partial charge in [0, 0.05) is 32.7 Å². The summed E-state index contributed by atoms with van der Waals surface area (Å²) in [5.74, 6) is 0. The van der Waals surface area contributed by atoms with Crippen LogP contribution in [0.2, 0.25) is 0 Å². The molecule has 0 unspecified atom stereocenters. The summed E-state index contributed by atoms with van der Waals surface area (Å²) in [5, 5.41) is 8.97. The number of benzene rings is 2. The average Bonchev–Trinajstić information content (AvgIpc) is 2.30. The Morgan fingerprint density at radius 2 is 1.80 bits per heavy atom. The van der Waals surface area contributed by atoms with Gasteiger partial charge in [0.25, 0.3) is 0 Å². The van der Waals surface area contributed by atoms with E-state index in [0.717, 1.165) is 16.7 Å². The van der Waals surface area contributed by atoms with Crippen LogP contribution in [0.25, 0.3) is 11.1 Å². The molecule has 0 aliphatic carbocycles. The minimum atomic E-state index is 0. The molecule has 0 spiro atoms. The van der Waals surface area contributed by atoms with Gasteiger partial charge in [0.15, 0.2) is 0 Å². The third kappa shape index (κ3) is 3.23. The topological polar surface area (TPSA) is 20.2 Å². The van der Waals surface area contributed by atoms with E-state index in [1.165, 1.54) is 0 Å². The van der Waals surface area contributed by atoms with E-state index in [1.54, 1.807) is 0 Å². The normalized spacial score (nSPS) is 9.40. The van der Waals surface area contributed by atoms with Crippen molar-refractivity contribution in [2.24, 2.45) is 0 Å². The van der Waals surface area contributed by atoms with Crippen molar-refractivity contribution in [3.05, 3.63) is 60.2 Å². The second-order valence-electron chi connectivity index (χ2n) is 3.02. The van der Waals surface area contributed by atoms with Crippen LogP contribution in [0, 0.1) is 12.1 Å². The fourth-order valence-electron chi connectivity index (χ4n) is 1.33. The molecule has 0 heterocycles. The summed E-state index contributed by atoms with van der Waals surface area (Å²) in [6.45, 7) is 0.0284. The zero-order chi connectivity index (χ0) is 9.80. The third-order valence-corrected chi connectivity index (χ3v) is 2.03. The largest absolute Gasteiger partial charge is 0.393 e. The molecule has 0 bridgehead atoms. The maximum Gasteiger partial charge on any atom is 0.0505 e. The quantitative estimate of drug-likeness (QED) is 0.832. The van der Waals surface area contributed by atoms with Gasteiger partial charge in [-0.3, -0.25) is 0 Å². The van der Waals surface area contributed by atoms with E-state index in [2.05, 4.69) is 12.1 Å². The molecule has 0 saturated carbocycles. The predicted molar refractivity (Wildman–Crippen MR) is 55.5 cm³/mol. The first-order valence-electron chi connectivity index (χ1n) is 4.49. The zero-order valence-corrected chi connectivity index (χ0v) is 11.1. The molecule has 0 amide bonds. The molecule has 0 saturated heterocycles. The first kappa shape index (κ1) is 12.6. The van der Waals surface area contributed by atoms with E-state index < -0.39 is 0 Å². The van der Waals surface area contributed by atoms with E-state index in [0.29, 0.717) is 0 Å². The Balaban J connectivity index is 0.00000112. The van der Waals surface area contributed by atoms with Crippen LogP contribution in [0.3, 0.4) is 0 Å². The SMILES string of the molecule is OCc1[c-]c(-c2[c-]cccc2)ccc1.[Y]. The maximum absolute atomic E-state index is 8.97. The van der Waals surface area contributed by atoms with Gasteiger partial charge in [0.05, 0.1) is 6.61 Å². The van der Waals surface area contributed by atoms with Crippen LogP contribution >= 0.6 is 0 Å². The van der Waals surface area contributed by atoms with E-state index in [-0.39, 0.29) is 39.3 Å². The molecule has 2 aromatic rings. The van der Waals surface area contributed by atoms with Gasteiger partial charge >= 0.3 is 0 Å². The molecule has 1 N–H and O–H groups in total. The van der Waals surface area contributed by atoms with Crippen LogP contribution in [-0.2, 0) is 39.3 Å². The van der Waals surface area contributed by atoms with Crippen LogP contribution in [-0.4, -0.2) is 5.11 Å². The van der Waals surface area contributed by atoms with Crippen molar-refractivity contribution in [2.75, 3.05) is 0 Å². The van der Waals surface area contributed by atoms with Crippen molar-refractivity contribution >= 4 is 0 Å². The van der Waals surface area contributed by atoms with E-state index >= 15 is 0 Å². The van der Waals surface area contributed by atoms with Crippen LogP contribution in [0.15, 0.2) is 42.5 Å². The van der Waals surface area contributed by atoms with E-state index in [4.69, 9.17) is 5.11 Å². The third-order valence-electron chi connectivity index (χ3n) is 2.03. The van der Waals surface area contributed by atoms with Crippen molar-refractivity contribution in [2.45, 2.75) is 6.61 Å². The summed E-state index contributed by atoms with van der Waals surface area (Å²) in [4.78, 5) is 0. The van der Waals surface area contributed by atoms with Crippen molar-refractivity contribution in [3.63, 3.8) is 0 Å². The summed E-state index contributed by atoms with van der Waals surface area (Å²) in [6.07, 6.45) is 0. The van der Waals surface area contributed by atoms with Gasteiger partial charge in [-0.2, -0.15) is 42.5 Å². The molecule has 0 atom stereocenters. The van der Waals surface area contributed by atoms with Crippen molar-refractivity contribution in [3.8, 4) is 11.1 Å². The first-order chi connectivity index (χ1) is 6.90. The van der Waals surface area contributed by atoms with Gasteiger partial charge in [-0.15, -0.1) is 17.7 Å². The Morgan fingerprint density at radius 3 is 2.47 bits per heavy atom. The predicted octanol–water partition coefficient (Wildman–Crippen LogP) is 2.44. The molecular formula is C13H10OY-2. The number of aliphatic hydroxyl groups is 1. The van der Waals surface area contributed by atoms with Crippen molar-refractivity contribution < 1.29 is 37.8 Å². The summed E-state index contributed by atoms with van der Waals surface area (Å²) >= 11 is 0. The first-order valence-corrected chi connectivity index (χ1v) is 4.49. The number of aliphatic hydroxyl groups excluding tert-OH is 1. The Kier molecular flexibility index (Phi) is 5.17. The van der Waals surface area contributed by atoms with Crippen LogP contribution < -0.4 is 0 Å². The molecule has 0 aromatic heterocycles. The van der Waals surface area contributed by atoms with E-state index in [9.17, 15) is 0 Å². The summed E-state index contributed by atoms with van der Waals surface area (Å²) in [6, 6.07) is 19.7. The summed E-state index contributed by atoms with van der Waals surface area (Å²) < 4.78 is 0. The van der Waals surface area contributed by atoms with E-state index in [1.807, 2.05) is 42.5 Å². The fraction of sp³-hybridized carbons (Fsp3) is 0.0769. The molecular weight excluding hydrogens is 261 g/mol. The Hall–Kier alpha value is -0.496. The van der Waals surface area contributed by atoms with Crippen molar-refractivity contribution in [1.82, 2.24) is 0 Å². The summed E-state index contributed by atoms with van der Waals surface area (Å²) in [7, 11) is 0. The minimum absolute atomic E-state index is 0. The number of hydrogen-bond acceptors (Lipinski definition) is 1. The van der Waals surface area contributed by atoms with Crippen molar-refractivity contribution in [1.29, 1.82) is 0 Å². The standard InChI is InChI=1S/C13H10O.Y/c14-10-11-5-4-8-13(9-11)12-6-2-1-3-7-12;/h1-6,8,14H,10H2;/q-2;. The molecule has 0 aliphatic rings. The average molecular weight is 271 g/mol. The molecule has 73 valence electrons. The Labute approximate surface area is 115 Å². The number of hydrogen-bond donors (Lipinski definition) is 1. The van der Waals surface area contributed by atoms with Gasteiger partial charge in [-0.1, -0.05) is 0 Å². The van der Waals surface area contributed by atoms with Gasteiger partial charge < -0.3 is 5.11 Å². The molecule has 2 rings (SSSR count). The van der Waals surface area contributed by atoms with Gasteiger partial charge in [-0.05, 0) is 0 Å². The molecule has 2 heteroatoms. The minimum Gasteiger partial charge on any atom is -0.393 e. The monoisotopic (exact) mass is 271 g/mol. The van der Waals surface area contributed by atoms with Crippen LogP contribution in [0.4, 0.5) is 0 Å². The molecule has 0 aliphatic heterocycles. The second kappa shape index (κ2) is 6.17. The Morgan fingerprint density at radius 1 is 1.00 bits per heavy atom. The molecule has 0 fully saturated rings. The molecule has 15 heavy (non-hydrogen) atoms. The van der Waals surface area contributed by atoms with Gasteiger partial charge in [0.1, 0.15) is 0 Å². The van der Waals surface area contributed by atoms with Crippen LogP contribution in [0.5, 0.6) is 0 Å². The summed E-state index contributed by atoms with van der Waals surface area (Å²) in [5.41, 5.74) is 2.78. The fourth-order valence-corrected chi connectivity index (χ4v) is 1.33. The van der Waals surface area contributed by atoms with Gasteiger partial charge in [-0.25, -0.2) is 11.1 Å². The Bertz CT molecular complexity index is 412. The number of rotatable bonds is 2. The molecule has 1 radical (unpaired) electrons.